The first-order valence-corrected chi connectivity index (χ1v) is 8.04. The Balaban J connectivity index is 4.52. The maximum Gasteiger partial charge on any atom is -0.0298 e. The van der Waals surface area contributed by atoms with Gasteiger partial charge in [0.25, 0.3) is 0 Å². The van der Waals surface area contributed by atoms with Crippen LogP contribution < -0.4 is 0 Å². The van der Waals surface area contributed by atoms with Crippen LogP contribution in [-0.2, 0) is 0 Å². The number of unbranched alkanes of at least 4 members (excludes halogenated alkanes) is 2. The third kappa shape index (κ3) is 5.44. The number of rotatable bonds is 10. The molecule has 0 N–H and O–H groups in total. The molecular formula is C17H36. The van der Waals surface area contributed by atoms with Gasteiger partial charge < -0.3 is 0 Å². The molecule has 0 saturated heterocycles. The van der Waals surface area contributed by atoms with Crippen LogP contribution in [0.3, 0.4) is 0 Å². The van der Waals surface area contributed by atoms with Crippen molar-refractivity contribution in [3.8, 4) is 0 Å². The first-order valence-electron chi connectivity index (χ1n) is 8.04. The summed E-state index contributed by atoms with van der Waals surface area (Å²) in [7, 11) is 0. The zero-order chi connectivity index (χ0) is 13.3. The highest BCUT2D eigenvalue weighted by atomic mass is 14.4. The highest BCUT2D eigenvalue weighted by Gasteiger charge is 2.34. The molecule has 0 saturated carbocycles. The van der Waals surface area contributed by atoms with Gasteiger partial charge in [0.05, 0.1) is 0 Å². The molecule has 0 rings (SSSR count). The molecule has 17 heavy (non-hydrogen) atoms. The topological polar surface area (TPSA) is 0 Å². The maximum atomic E-state index is 2.53. The molecule has 0 heterocycles. The molecule has 0 aliphatic carbocycles. The SMILES string of the molecule is CCCCC(CC)C(C)(C)C(CC)CCCC. The van der Waals surface area contributed by atoms with Crippen molar-refractivity contribution in [1.29, 1.82) is 0 Å². The van der Waals surface area contributed by atoms with E-state index in [-0.39, 0.29) is 0 Å². The Morgan fingerprint density at radius 2 is 1.06 bits per heavy atom. The van der Waals surface area contributed by atoms with Crippen molar-refractivity contribution in [2.75, 3.05) is 0 Å². The van der Waals surface area contributed by atoms with E-state index in [1.807, 2.05) is 0 Å². The lowest BCUT2D eigenvalue weighted by Crippen LogP contribution is -2.32. The van der Waals surface area contributed by atoms with Gasteiger partial charge in [0.15, 0.2) is 0 Å². The Labute approximate surface area is 111 Å². The second kappa shape index (κ2) is 9.00. The zero-order valence-electron chi connectivity index (χ0n) is 13.3. The van der Waals surface area contributed by atoms with Gasteiger partial charge in [-0.25, -0.2) is 0 Å². The second-order valence-electron chi connectivity index (χ2n) is 6.32. The molecule has 0 nitrogen and oxygen atoms in total. The summed E-state index contributed by atoms with van der Waals surface area (Å²) in [5, 5.41) is 0. The van der Waals surface area contributed by atoms with Gasteiger partial charge in [-0.1, -0.05) is 80.1 Å². The first-order chi connectivity index (χ1) is 8.04. The Bertz CT molecular complexity index is 151. The van der Waals surface area contributed by atoms with Crippen molar-refractivity contribution >= 4 is 0 Å². The third-order valence-corrected chi connectivity index (χ3v) is 4.90. The van der Waals surface area contributed by atoms with Crippen molar-refractivity contribution in [2.45, 2.75) is 92.9 Å². The molecule has 0 amide bonds. The predicted molar refractivity (Wildman–Crippen MR) is 80.4 cm³/mol. The maximum absolute atomic E-state index is 2.53. The number of hydrogen-bond donors (Lipinski definition) is 0. The average molecular weight is 240 g/mol. The lowest BCUT2D eigenvalue weighted by atomic mass is 9.64. The largest absolute Gasteiger partial charge is 0.0654 e. The second-order valence-corrected chi connectivity index (χ2v) is 6.32. The van der Waals surface area contributed by atoms with E-state index < -0.39 is 0 Å². The molecular weight excluding hydrogens is 204 g/mol. The van der Waals surface area contributed by atoms with E-state index in [4.69, 9.17) is 0 Å². The van der Waals surface area contributed by atoms with E-state index in [9.17, 15) is 0 Å². The molecule has 0 spiro atoms. The number of hydrogen-bond acceptors (Lipinski definition) is 0. The summed E-state index contributed by atoms with van der Waals surface area (Å²) < 4.78 is 0. The monoisotopic (exact) mass is 240 g/mol. The van der Waals surface area contributed by atoms with Crippen LogP contribution in [0.15, 0.2) is 0 Å². The summed E-state index contributed by atoms with van der Waals surface area (Å²) >= 11 is 0. The highest BCUT2D eigenvalue weighted by molar-refractivity contribution is 4.84. The van der Waals surface area contributed by atoms with Crippen molar-refractivity contribution in [1.82, 2.24) is 0 Å². The van der Waals surface area contributed by atoms with Gasteiger partial charge in [0.1, 0.15) is 0 Å². The minimum absolute atomic E-state index is 0.536. The molecule has 0 fully saturated rings. The van der Waals surface area contributed by atoms with Crippen LogP contribution in [0.1, 0.15) is 92.9 Å². The Morgan fingerprint density at radius 1 is 0.706 bits per heavy atom. The minimum atomic E-state index is 0.536. The van der Waals surface area contributed by atoms with Crippen LogP contribution in [0.2, 0.25) is 0 Å². The molecule has 0 aromatic heterocycles. The van der Waals surface area contributed by atoms with E-state index in [2.05, 4.69) is 41.5 Å². The van der Waals surface area contributed by atoms with Gasteiger partial charge in [0.2, 0.25) is 0 Å². The molecule has 0 aliphatic rings. The van der Waals surface area contributed by atoms with Crippen molar-refractivity contribution < 1.29 is 0 Å². The standard InChI is InChI=1S/C17H36/c1-7-11-13-15(9-3)17(5,6)16(10-4)14-12-8-2/h15-16H,7-14H2,1-6H3. The van der Waals surface area contributed by atoms with Crippen LogP contribution in [0.4, 0.5) is 0 Å². The van der Waals surface area contributed by atoms with Crippen LogP contribution in [0.25, 0.3) is 0 Å². The Hall–Kier alpha value is 0. The first kappa shape index (κ1) is 17.0. The van der Waals surface area contributed by atoms with Crippen molar-refractivity contribution in [2.24, 2.45) is 17.3 Å². The van der Waals surface area contributed by atoms with Gasteiger partial charge in [-0.05, 0) is 30.1 Å². The molecule has 0 bridgehead atoms. The molecule has 0 heteroatoms. The minimum Gasteiger partial charge on any atom is -0.0654 e. The van der Waals surface area contributed by atoms with E-state index in [0.717, 1.165) is 11.8 Å². The van der Waals surface area contributed by atoms with Crippen LogP contribution in [0.5, 0.6) is 0 Å². The van der Waals surface area contributed by atoms with Gasteiger partial charge in [0, 0.05) is 0 Å². The van der Waals surface area contributed by atoms with Gasteiger partial charge in [-0.3, -0.25) is 0 Å². The van der Waals surface area contributed by atoms with Gasteiger partial charge in [-0.15, -0.1) is 0 Å². The zero-order valence-corrected chi connectivity index (χ0v) is 13.3. The quantitative estimate of drug-likeness (QED) is 0.412. The molecule has 104 valence electrons. The van der Waals surface area contributed by atoms with E-state index in [1.54, 1.807) is 0 Å². The lowest BCUT2D eigenvalue weighted by molar-refractivity contribution is 0.0889. The summed E-state index contributed by atoms with van der Waals surface area (Å²) in [6, 6.07) is 0. The summed E-state index contributed by atoms with van der Waals surface area (Å²) in [6.45, 7) is 14.5. The van der Waals surface area contributed by atoms with Gasteiger partial charge >= 0.3 is 0 Å². The Kier molecular flexibility index (Phi) is 9.00. The van der Waals surface area contributed by atoms with E-state index in [0.29, 0.717) is 5.41 Å². The molecule has 2 atom stereocenters. The molecule has 0 aromatic carbocycles. The van der Waals surface area contributed by atoms with Crippen LogP contribution in [-0.4, -0.2) is 0 Å². The predicted octanol–water partition coefficient (Wildman–Crippen LogP) is 6.45. The highest BCUT2D eigenvalue weighted by Crippen LogP contribution is 2.43. The third-order valence-electron chi connectivity index (χ3n) is 4.90. The summed E-state index contributed by atoms with van der Waals surface area (Å²) in [4.78, 5) is 0. The molecule has 2 unspecified atom stereocenters. The van der Waals surface area contributed by atoms with Crippen LogP contribution in [0, 0.1) is 17.3 Å². The summed E-state index contributed by atoms with van der Waals surface area (Å²) in [5.41, 5.74) is 0.536. The summed E-state index contributed by atoms with van der Waals surface area (Å²) in [5.74, 6) is 1.84. The fraction of sp³-hybridized carbons (Fsp3) is 1.00. The molecule has 0 aromatic rings. The van der Waals surface area contributed by atoms with Crippen LogP contribution >= 0.6 is 0 Å². The fourth-order valence-electron chi connectivity index (χ4n) is 3.44. The lowest BCUT2D eigenvalue weighted by Gasteiger charge is -2.41. The normalized spacial score (nSPS) is 15.9. The smallest absolute Gasteiger partial charge is 0.0298 e. The fourth-order valence-corrected chi connectivity index (χ4v) is 3.44. The van der Waals surface area contributed by atoms with Crippen molar-refractivity contribution in [3.05, 3.63) is 0 Å². The van der Waals surface area contributed by atoms with Gasteiger partial charge in [-0.2, -0.15) is 0 Å². The van der Waals surface area contributed by atoms with E-state index in [1.165, 1.54) is 51.4 Å². The van der Waals surface area contributed by atoms with Crippen molar-refractivity contribution in [3.63, 3.8) is 0 Å². The van der Waals surface area contributed by atoms with E-state index >= 15 is 0 Å². The molecule has 0 aliphatic heterocycles. The summed E-state index contributed by atoms with van der Waals surface area (Å²) in [6.07, 6.45) is 11.1. The molecule has 0 radical (unpaired) electrons. The average Bonchev–Trinajstić information content (AvgIpc) is 2.30. The Morgan fingerprint density at radius 3 is 1.29 bits per heavy atom.